The van der Waals surface area contributed by atoms with E-state index in [0.717, 1.165) is 11.1 Å². The van der Waals surface area contributed by atoms with Gasteiger partial charge in [0.2, 0.25) is 0 Å². The van der Waals surface area contributed by atoms with Crippen LogP contribution in [0.25, 0.3) is 0 Å². The van der Waals surface area contributed by atoms with Gasteiger partial charge in [0.1, 0.15) is 0 Å². The number of nitrogens with two attached hydrogens (primary N) is 2. The van der Waals surface area contributed by atoms with Crippen molar-refractivity contribution in [2.24, 2.45) is 11.5 Å². The topological polar surface area (TPSA) is 101 Å². The normalized spacial score (nSPS) is 12.1. The molecule has 5 heteroatoms. The Labute approximate surface area is 88.1 Å². The number of nitrogens with one attached hydrogen (secondary N) is 1. The van der Waals surface area contributed by atoms with Crippen LogP contribution in [0.4, 0.5) is 4.79 Å². The van der Waals surface area contributed by atoms with E-state index in [4.69, 9.17) is 16.6 Å². The first-order chi connectivity index (χ1) is 7.13. The first-order valence-electron chi connectivity index (χ1n) is 4.64. The lowest BCUT2D eigenvalue weighted by atomic mass is 10.1. The lowest BCUT2D eigenvalue weighted by Crippen LogP contribution is -2.30. The molecule has 0 aliphatic heterocycles. The summed E-state index contributed by atoms with van der Waals surface area (Å²) < 4.78 is 0. The highest BCUT2D eigenvalue weighted by Crippen LogP contribution is 2.10. The van der Waals surface area contributed by atoms with Gasteiger partial charge in [-0.25, -0.2) is 4.79 Å². The number of benzene rings is 1. The molecular weight excluding hydrogens is 194 g/mol. The Morgan fingerprint density at radius 3 is 2.47 bits per heavy atom. The molecule has 1 aromatic rings. The highest BCUT2D eigenvalue weighted by molar-refractivity contribution is 5.64. The summed E-state index contributed by atoms with van der Waals surface area (Å²) >= 11 is 0. The molecule has 0 aromatic heterocycles. The van der Waals surface area contributed by atoms with Crippen LogP contribution in [0.15, 0.2) is 24.3 Å². The predicted molar refractivity (Wildman–Crippen MR) is 57.3 cm³/mol. The number of amides is 1. The van der Waals surface area contributed by atoms with Crippen LogP contribution < -0.4 is 16.8 Å². The molecule has 0 radical (unpaired) electrons. The fourth-order valence-electron chi connectivity index (χ4n) is 1.22. The Bertz CT molecular complexity index is 324. The maximum Gasteiger partial charge on any atom is 0.404 e. The number of hydrogen-bond donors (Lipinski definition) is 4. The highest BCUT2D eigenvalue weighted by atomic mass is 16.4. The number of carboxylic acid groups (broad SMARTS) is 1. The van der Waals surface area contributed by atoms with Crippen molar-refractivity contribution in [2.45, 2.75) is 12.6 Å². The third kappa shape index (κ3) is 3.57. The van der Waals surface area contributed by atoms with E-state index in [1.54, 1.807) is 0 Å². The maximum atomic E-state index is 10.3. The first-order valence-corrected chi connectivity index (χ1v) is 4.64. The largest absolute Gasteiger partial charge is 0.465 e. The molecule has 82 valence electrons. The second-order valence-electron chi connectivity index (χ2n) is 3.24. The molecule has 6 N–H and O–H groups in total. The number of carbonyl (C=O) groups is 1. The first kappa shape index (κ1) is 11.5. The molecule has 5 nitrogen and oxygen atoms in total. The van der Waals surface area contributed by atoms with E-state index in [0.29, 0.717) is 6.54 Å². The minimum atomic E-state index is -1.07. The molecule has 0 bridgehead atoms. The summed E-state index contributed by atoms with van der Waals surface area (Å²) in [6.45, 7) is 0.695. The van der Waals surface area contributed by atoms with Crippen LogP contribution in [0.5, 0.6) is 0 Å². The Kier molecular flexibility index (Phi) is 4.08. The van der Waals surface area contributed by atoms with Crippen LogP contribution in [0, 0.1) is 0 Å². The molecule has 0 saturated heterocycles. The summed E-state index contributed by atoms with van der Waals surface area (Å²) in [6, 6.07) is 7.16. The Hall–Kier alpha value is -1.59. The van der Waals surface area contributed by atoms with E-state index in [9.17, 15) is 4.79 Å². The summed E-state index contributed by atoms with van der Waals surface area (Å²) in [7, 11) is 0. The van der Waals surface area contributed by atoms with Crippen LogP contribution in [0.2, 0.25) is 0 Å². The van der Waals surface area contributed by atoms with Gasteiger partial charge in [0.25, 0.3) is 0 Å². The molecule has 0 aliphatic carbocycles. The van der Waals surface area contributed by atoms with Gasteiger partial charge >= 0.3 is 6.09 Å². The zero-order valence-corrected chi connectivity index (χ0v) is 8.31. The molecular formula is C10H15N3O2. The van der Waals surface area contributed by atoms with Crippen molar-refractivity contribution in [3.63, 3.8) is 0 Å². The van der Waals surface area contributed by atoms with E-state index in [-0.39, 0.29) is 12.6 Å². The second-order valence-corrected chi connectivity index (χ2v) is 3.24. The lowest BCUT2D eigenvalue weighted by Gasteiger charge is -2.12. The molecule has 0 fully saturated rings. The number of rotatable bonds is 4. The second kappa shape index (κ2) is 5.33. The van der Waals surface area contributed by atoms with Crippen molar-refractivity contribution in [3.05, 3.63) is 35.4 Å². The third-order valence-corrected chi connectivity index (χ3v) is 2.12. The predicted octanol–water partition coefficient (Wildman–Crippen LogP) is 0.413. The van der Waals surface area contributed by atoms with Crippen molar-refractivity contribution < 1.29 is 9.90 Å². The van der Waals surface area contributed by atoms with E-state index < -0.39 is 6.09 Å². The standard InChI is InChI=1S/C10H15N3O2/c11-5-7-1-3-8(4-2-7)9(12)6-13-10(14)15/h1-4,9,13H,5-6,11-12H2,(H,14,15). The van der Waals surface area contributed by atoms with Crippen LogP contribution >= 0.6 is 0 Å². The van der Waals surface area contributed by atoms with Gasteiger partial charge in [-0.2, -0.15) is 0 Å². The van der Waals surface area contributed by atoms with Crippen molar-refractivity contribution in [2.75, 3.05) is 6.54 Å². The zero-order valence-electron chi connectivity index (χ0n) is 8.31. The molecule has 0 aliphatic rings. The highest BCUT2D eigenvalue weighted by Gasteiger charge is 2.06. The van der Waals surface area contributed by atoms with Crippen molar-refractivity contribution in [3.8, 4) is 0 Å². The fourth-order valence-corrected chi connectivity index (χ4v) is 1.22. The summed E-state index contributed by atoms with van der Waals surface area (Å²) in [5.41, 5.74) is 13.1. The van der Waals surface area contributed by atoms with Crippen LogP contribution in [-0.4, -0.2) is 17.7 Å². The SMILES string of the molecule is NCc1ccc(C(N)CNC(=O)O)cc1. The molecule has 1 amide bonds. The average Bonchev–Trinajstić information content (AvgIpc) is 2.26. The van der Waals surface area contributed by atoms with E-state index in [1.165, 1.54) is 0 Å². The fraction of sp³-hybridized carbons (Fsp3) is 0.300. The van der Waals surface area contributed by atoms with Gasteiger partial charge < -0.3 is 21.9 Å². The molecule has 1 atom stereocenters. The van der Waals surface area contributed by atoms with Crippen LogP contribution in [-0.2, 0) is 6.54 Å². The Morgan fingerprint density at radius 2 is 2.00 bits per heavy atom. The summed E-state index contributed by atoms with van der Waals surface area (Å²) in [5.74, 6) is 0. The van der Waals surface area contributed by atoms with Gasteiger partial charge in [-0.05, 0) is 11.1 Å². The van der Waals surface area contributed by atoms with Crippen molar-refractivity contribution >= 4 is 6.09 Å². The maximum absolute atomic E-state index is 10.3. The summed E-state index contributed by atoms with van der Waals surface area (Å²) in [4.78, 5) is 10.3. The monoisotopic (exact) mass is 209 g/mol. The van der Waals surface area contributed by atoms with E-state index in [1.807, 2.05) is 24.3 Å². The minimum Gasteiger partial charge on any atom is -0.465 e. The van der Waals surface area contributed by atoms with Gasteiger partial charge in [0, 0.05) is 19.1 Å². The van der Waals surface area contributed by atoms with Crippen LogP contribution in [0.1, 0.15) is 17.2 Å². The minimum absolute atomic E-state index is 0.206. The smallest absolute Gasteiger partial charge is 0.404 e. The Morgan fingerprint density at radius 1 is 1.40 bits per heavy atom. The van der Waals surface area contributed by atoms with Crippen LogP contribution in [0.3, 0.4) is 0 Å². The van der Waals surface area contributed by atoms with Gasteiger partial charge in [0.15, 0.2) is 0 Å². The molecule has 15 heavy (non-hydrogen) atoms. The third-order valence-electron chi connectivity index (χ3n) is 2.12. The average molecular weight is 209 g/mol. The molecule has 0 saturated carbocycles. The van der Waals surface area contributed by atoms with Gasteiger partial charge in [-0.3, -0.25) is 0 Å². The number of hydrogen-bond acceptors (Lipinski definition) is 3. The molecule has 0 spiro atoms. The summed E-state index contributed by atoms with van der Waals surface area (Å²) in [5, 5.41) is 10.6. The van der Waals surface area contributed by atoms with Gasteiger partial charge in [0.05, 0.1) is 0 Å². The van der Waals surface area contributed by atoms with Gasteiger partial charge in [-0.15, -0.1) is 0 Å². The molecule has 1 unspecified atom stereocenters. The van der Waals surface area contributed by atoms with Crippen molar-refractivity contribution in [1.29, 1.82) is 0 Å². The van der Waals surface area contributed by atoms with Gasteiger partial charge in [-0.1, -0.05) is 24.3 Å². The quantitative estimate of drug-likeness (QED) is 0.577. The zero-order chi connectivity index (χ0) is 11.3. The van der Waals surface area contributed by atoms with E-state index in [2.05, 4.69) is 5.32 Å². The Balaban J connectivity index is 2.57. The van der Waals surface area contributed by atoms with Crippen molar-refractivity contribution in [1.82, 2.24) is 5.32 Å². The molecule has 1 aromatic carbocycles. The lowest BCUT2D eigenvalue weighted by molar-refractivity contribution is 0.193. The van der Waals surface area contributed by atoms with E-state index >= 15 is 0 Å². The molecule has 0 heterocycles. The molecule has 1 rings (SSSR count). The summed E-state index contributed by atoms with van der Waals surface area (Å²) in [6.07, 6.45) is -1.07.